The highest BCUT2D eigenvalue weighted by atomic mass is 79.9. The number of sulfonamides is 1. The van der Waals surface area contributed by atoms with E-state index >= 15 is 0 Å². The fraction of sp³-hybridized carbons (Fsp3) is 0.273. The van der Waals surface area contributed by atoms with E-state index in [-0.39, 0.29) is 13.6 Å². The highest BCUT2D eigenvalue weighted by molar-refractivity contribution is 9.11. The van der Waals surface area contributed by atoms with E-state index in [2.05, 4.69) is 25.6 Å². The van der Waals surface area contributed by atoms with E-state index in [0.717, 1.165) is 17.4 Å². The van der Waals surface area contributed by atoms with Gasteiger partial charge in [-0.1, -0.05) is 6.92 Å². The molecule has 114 valence electrons. The summed E-state index contributed by atoms with van der Waals surface area (Å²) in [4.78, 5) is 14.9. The Morgan fingerprint density at radius 2 is 2.29 bits per heavy atom. The molecule has 0 amide bonds. The second-order valence-corrected chi connectivity index (χ2v) is 8.98. The lowest BCUT2D eigenvalue weighted by Crippen LogP contribution is -2.28. The molecule has 0 aliphatic carbocycles. The Labute approximate surface area is 138 Å². The summed E-state index contributed by atoms with van der Waals surface area (Å²) in [6.07, 6.45) is 2.15. The minimum Gasteiger partial charge on any atom is -0.477 e. The van der Waals surface area contributed by atoms with Crippen LogP contribution < -0.4 is 4.72 Å². The fourth-order valence-electron chi connectivity index (χ4n) is 1.61. The van der Waals surface area contributed by atoms with Crippen molar-refractivity contribution in [1.29, 1.82) is 0 Å². The zero-order valence-corrected chi connectivity index (χ0v) is 14.8. The number of thiazole rings is 1. The summed E-state index contributed by atoms with van der Waals surface area (Å²) in [7, 11) is -3.82. The van der Waals surface area contributed by atoms with Gasteiger partial charge in [-0.3, -0.25) is 0 Å². The molecule has 2 rings (SSSR count). The molecule has 0 aromatic carbocycles. The number of rotatable bonds is 6. The van der Waals surface area contributed by atoms with Gasteiger partial charge in [0.2, 0.25) is 10.0 Å². The van der Waals surface area contributed by atoms with Gasteiger partial charge in [0.05, 0.1) is 9.83 Å². The highest BCUT2D eigenvalue weighted by Crippen LogP contribution is 2.33. The lowest BCUT2D eigenvalue weighted by atomic mass is 10.3. The molecule has 0 saturated carbocycles. The summed E-state index contributed by atoms with van der Waals surface area (Å²) in [6.45, 7) is 1.85. The van der Waals surface area contributed by atoms with E-state index < -0.39 is 22.0 Å². The smallest absolute Gasteiger partial charge is 0.345 e. The van der Waals surface area contributed by atoms with Crippen LogP contribution in [0.25, 0.3) is 0 Å². The van der Waals surface area contributed by atoms with Crippen molar-refractivity contribution >= 4 is 54.6 Å². The summed E-state index contributed by atoms with van der Waals surface area (Å²) >= 11 is 5.34. The first-order valence-corrected chi connectivity index (χ1v) is 9.76. The molecule has 0 spiro atoms. The number of hydrogen-bond donors (Lipinski definition) is 2. The number of aromatic carboxylic acids is 1. The number of hydrogen-bond acceptors (Lipinski definition) is 6. The van der Waals surface area contributed by atoms with Gasteiger partial charge in [-0.05, 0) is 28.4 Å². The fourth-order valence-corrected chi connectivity index (χ4v) is 6.14. The molecule has 6 nitrogen and oxygen atoms in total. The first-order chi connectivity index (χ1) is 9.85. The lowest BCUT2D eigenvalue weighted by Gasteiger charge is -2.14. The van der Waals surface area contributed by atoms with Crippen LogP contribution in [0.3, 0.4) is 0 Å². The SMILES string of the molecule is CCC(NS(=O)(=O)c1cc(C(=O)O)sc1Br)c1nccs1. The van der Waals surface area contributed by atoms with E-state index in [1.54, 1.807) is 11.6 Å². The number of thiophene rings is 1. The Morgan fingerprint density at radius 3 is 2.76 bits per heavy atom. The zero-order valence-electron chi connectivity index (χ0n) is 10.7. The molecule has 0 radical (unpaired) electrons. The molecule has 0 bridgehead atoms. The quantitative estimate of drug-likeness (QED) is 0.762. The van der Waals surface area contributed by atoms with Crippen molar-refractivity contribution < 1.29 is 18.3 Å². The number of carboxylic acids is 1. The van der Waals surface area contributed by atoms with Gasteiger partial charge in [-0.2, -0.15) is 0 Å². The average Bonchev–Trinajstić information content (AvgIpc) is 3.05. The predicted octanol–water partition coefficient (Wildman–Crippen LogP) is 3.09. The van der Waals surface area contributed by atoms with Crippen LogP contribution in [0.15, 0.2) is 26.3 Å². The van der Waals surface area contributed by atoms with Crippen molar-refractivity contribution in [3.63, 3.8) is 0 Å². The third-order valence-corrected chi connectivity index (χ3v) is 7.21. The molecule has 0 aliphatic heterocycles. The molecule has 0 aliphatic rings. The monoisotopic (exact) mass is 410 g/mol. The Hall–Kier alpha value is -0.810. The first kappa shape index (κ1) is 16.6. The van der Waals surface area contributed by atoms with Crippen molar-refractivity contribution in [3.05, 3.63) is 31.3 Å². The number of aromatic nitrogens is 1. The minimum absolute atomic E-state index is 0.0375. The molecule has 0 saturated heterocycles. The van der Waals surface area contributed by atoms with Gasteiger partial charge < -0.3 is 5.11 Å². The number of halogens is 1. The molecular weight excluding hydrogens is 400 g/mol. The van der Waals surface area contributed by atoms with Crippen LogP contribution in [0.4, 0.5) is 0 Å². The zero-order chi connectivity index (χ0) is 15.6. The van der Waals surface area contributed by atoms with E-state index in [1.807, 2.05) is 6.92 Å². The van der Waals surface area contributed by atoms with E-state index in [4.69, 9.17) is 5.11 Å². The summed E-state index contributed by atoms with van der Waals surface area (Å²) in [5, 5.41) is 11.4. The summed E-state index contributed by atoms with van der Waals surface area (Å²) in [5.74, 6) is -1.16. The van der Waals surface area contributed by atoms with Crippen LogP contribution >= 0.6 is 38.6 Å². The maximum Gasteiger partial charge on any atom is 0.345 e. The molecule has 0 fully saturated rings. The lowest BCUT2D eigenvalue weighted by molar-refractivity contribution is 0.0702. The van der Waals surface area contributed by atoms with Crippen LogP contribution in [0.5, 0.6) is 0 Å². The van der Waals surface area contributed by atoms with Gasteiger partial charge in [0.1, 0.15) is 14.8 Å². The largest absolute Gasteiger partial charge is 0.477 e. The van der Waals surface area contributed by atoms with Crippen LogP contribution in [0.2, 0.25) is 0 Å². The molecular formula is C11H11BrN2O4S3. The molecule has 10 heteroatoms. The Kier molecular flexibility index (Phi) is 5.15. The Morgan fingerprint density at radius 1 is 1.57 bits per heavy atom. The Balaban J connectivity index is 2.32. The average molecular weight is 411 g/mol. The third-order valence-electron chi connectivity index (χ3n) is 2.61. The number of nitrogens with zero attached hydrogens (tertiary/aromatic N) is 1. The van der Waals surface area contributed by atoms with Crippen molar-refractivity contribution in [3.8, 4) is 0 Å². The third kappa shape index (κ3) is 3.69. The molecule has 1 unspecified atom stereocenters. The minimum atomic E-state index is -3.82. The second-order valence-electron chi connectivity index (χ2n) is 4.01. The molecule has 1 atom stereocenters. The van der Waals surface area contributed by atoms with Crippen LogP contribution in [-0.2, 0) is 10.0 Å². The summed E-state index contributed by atoms with van der Waals surface area (Å²) in [5.41, 5.74) is 0. The van der Waals surface area contributed by atoms with Crippen LogP contribution in [0, 0.1) is 0 Å². The van der Waals surface area contributed by atoms with Gasteiger partial charge >= 0.3 is 5.97 Å². The van der Waals surface area contributed by atoms with E-state index in [9.17, 15) is 13.2 Å². The molecule has 2 aromatic rings. The Bertz CT molecular complexity index is 740. The van der Waals surface area contributed by atoms with E-state index in [1.165, 1.54) is 11.3 Å². The van der Waals surface area contributed by atoms with Gasteiger partial charge in [0, 0.05) is 11.6 Å². The van der Waals surface area contributed by atoms with Crippen molar-refractivity contribution in [2.75, 3.05) is 0 Å². The highest BCUT2D eigenvalue weighted by Gasteiger charge is 2.26. The summed E-state index contributed by atoms with van der Waals surface area (Å²) in [6, 6.07) is 0.712. The van der Waals surface area contributed by atoms with Gasteiger partial charge in [-0.25, -0.2) is 22.9 Å². The van der Waals surface area contributed by atoms with Gasteiger partial charge in [0.15, 0.2) is 0 Å². The van der Waals surface area contributed by atoms with Crippen LogP contribution in [-0.4, -0.2) is 24.5 Å². The number of carbonyl (C=O) groups is 1. The van der Waals surface area contributed by atoms with Crippen LogP contribution in [0.1, 0.15) is 34.1 Å². The maximum absolute atomic E-state index is 12.4. The summed E-state index contributed by atoms with van der Waals surface area (Å²) < 4.78 is 27.6. The van der Waals surface area contributed by atoms with Crippen molar-refractivity contribution in [2.24, 2.45) is 0 Å². The van der Waals surface area contributed by atoms with Crippen molar-refractivity contribution in [1.82, 2.24) is 9.71 Å². The maximum atomic E-state index is 12.4. The van der Waals surface area contributed by atoms with Crippen molar-refractivity contribution in [2.45, 2.75) is 24.3 Å². The number of nitrogens with one attached hydrogen (secondary N) is 1. The number of carboxylic acid groups (broad SMARTS) is 1. The first-order valence-electron chi connectivity index (χ1n) is 5.79. The predicted molar refractivity (Wildman–Crippen MR) is 84.4 cm³/mol. The standard InChI is InChI=1S/C11H11BrN2O4S3/c1-2-6(10-13-3-4-19-10)14-21(17,18)8-5-7(11(15)16)20-9(8)12/h3-6,14H,2H2,1H3,(H,15,16). The normalized spacial score (nSPS) is 13.2. The van der Waals surface area contributed by atoms with Gasteiger partial charge in [0.25, 0.3) is 0 Å². The molecule has 2 N–H and O–H groups in total. The van der Waals surface area contributed by atoms with E-state index in [0.29, 0.717) is 11.4 Å². The topological polar surface area (TPSA) is 96.4 Å². The second kappa shape index (κ2) is 6.53. The van der Waals surface area contributed by atoms with Gasteiger partial charge in [-0.15, -0.1) is 22.7 Å². The molecule has 2 aromatic heterocycles. The molecule has 2 heterocycles. The molecule has 21 heavy (non-hydrogen) atoms.